The molecule has 1 aromatic carbocycles. The van der Waals surface area contributed by atoms with E-state index in [0.717, 1.165) is 0 Å². The molecule has 3 aromatic rings. The van der Waals surface area contributed by atoms with E-state index in [2.05, 4.69) is 15.3 Å². The summed E-state index contributed by atoms with van der Waals surface area (Å²) in [6, 6.07) is 5.03. The number of hydrogen-bond donors (Lipinski definition) is 3. The summed E-state index contributed by atoms with van der Waals surface area (Å²) in [4.78, 5) is 24.7. The number of aromatic nitrogens is 2. The Balaban J connectivity index is 1.39. The summed E-state index contributed by atoms with van der Waals surface area (Å²) >= 11 is 1.20. The molecule has 0 radical (unpaired) electrons. The highest BCUT2D eigenvalue weighted by atomic mass is 32.1. The molecule has 170 valence electrons. The van der Waals surface area contributed by atoms with Gasteiger partial charge >= 0.3 is 6.03 Å². The Kier molecular flexibility index (Phi) is 6.49. The Labute approximate surface area is 187 Å². The Morgan fingerprint density at radius 1 is 1.34 bits per heavy atom. The van der Waals surface area contributed by atoms with Gasteiger partial charge in [0, 0.05) is 38.3 Å². The number of aliphatic hydroxyl groups excluding tert-OH is 2. The molecule has 1 aliphatic rings. The van der Waals surface area contributed by atoms with Crippen LogP contribution in [-0.2, 0) is 6.42 Å². The van der Waals surface area contributed by atoms with E-state index in [1.807, 2.05) is 6.92 Å². The van der Waals surface area contributed by atoms with Gasteiger partial charge in [-0.3, -0.25) is 5.32 Å². The molecule has 1 saturated heterocycles. The van der Waals surface area contributed by atoms with E-state index in [1.165, 1.54) is 35.7 Å². The third-order valence-electron chi connectivity index (χ3n) is 5.31. The maximum absolute atomic E-state index is 14.6. The second-order valence-electron chi connectivity index (χ2n) is 7.74. The lowest BCUT2D eigenvalue weighted by atomic mass is 10.1. The van der Waals surface area contributed by atoms with Crippen LogP contribution in [0.2, 0.25) is 0 Å². The lowest BCUT2D eigenvalue weighted by molar-refractivity contribution is 0.0954. The third-order valence-corrected chi connectivity index (χ3v) is 6.25. The van der Waals surface area contributed by atoms with Gasteiger partial charge in [0.05, 0.1) is 22.9 Å². The molecule has 1 aliphatic heterocycles. The van der Waals surface area contributed by atoms with Crippen LogP contribution in [0.1, 0.15) is 12.5 Å². The highest BCUT2D eigenvalue weighted by Gasteiger charge is 2.30. The number of rotatable bonds is 5. The zero-order valence-corrected chi connectivity index (χ0v) is 18.1. The molecule has 1 fully saturated rings. The molecule has 11 heteroatoms. The Morgan fingerprint density at radius 2 is 2.16 bits per heavy atom. The number of carbonyl (C=O) groups excluding carboxylic acids is 1. The SMILES string of the molecule is C[C@H]1CN(c2ncc(C[C@H](O)CO)cc2F)CCN1C(=O)Nc1nc2ccc(F)cc2s1. The molecule has 2 aromatic heterocycles. The van der Waals surface area contributed by atoms with Crippen molar-refractivity contribution < 1.29 is 23.8 Å². The molecule has 2 amide bonds. The van der Waals surface area contributed by atoms with Crippen molar-refractivity contribution in [1.82, 2.24) is 14.9 Å². The topological polar surface area (TPSA) is 102 Å². The smallest absolute Gasteiger partial charge is 0.324 e. The molecule has 0 aliphatic carbocycles. The van der Waals surface area contributed by atoms with Crippen LogP contribution in [0.15, 0.2) is 30.5 Å². The first kappa shape index (κ1) is 22.3. The van der Waals surface area contributed by atoms with Gasteiger partial charge in [0.2, 0.25) is 0 Å². The molecule has 4 rings (SSSR count). The van der Waals surface area contributed by atoms with Gasteiger partial charge in [-0.2, -0.15) is 0 Å². The first-order valence-electron chi connectivity index (χ1n) is 10.2. The average Bonchev–Trinajstić information content (AvgIpc) is 3.14. The predicted molar refractivity (Wildman–Crippen MR) is 118 cm³/mol. The number of hydrogen-bond acceptors (Lipinski definition) is 7. The van der Waals surface area contributed by atoms with Gasteiger partial charge in [-0.25, -0.2) is 23.5 Å². The van der Waals surface area contributed by atoms with Gasteiger partial charge < -0.3 is 20.0 Å². The fourth-order valence-corrected chi connectivity index (χ4v) is 4.60. The van der Waals surface area contributed by atoms with Gasteiger partial charge in [0.25, 0.3) is 0 Å². The van der Waals surface area contributed by atoms with Crippen LogP contribution >= 0.6 is 11.3 Å². The van der Waals surface area contributed by atoms with E-state index in [9.17, 15) is 18.7 Å². The van der Waals surface area contributed by atoms with Gasteiger partial charge in [-0.05, 0) is 36.8 Å². The standard InChI is InChI=1S/C21H23F2N5O3S/c1-12-10-27(19-16(23)7-13(9-24-19)6-15(30)11-29)4-5-28(12)21(31)26-20-25-17-3-2-14(22)8-18(17)32-20/h2-3,7-9,12,15,29-30H,4-6,10-11H2,1H3,(H,25,26,31)/t12-,15-/m0/s1. The highest BCUT2D eigenvalue weighted by Crippen LogP contribution is 2.27. The molecule has 0 saturated carbocycles. The lowest BCUT2D eigenvalue weighted by Gasteiger charge is -2.40. The number of carbonyl (C=O) groups is 1. The van der Waals surface area contributed by atoms with E-state index in [0.29, 0.717) is 40.5 Å². The number of amides is 2. The van der Waals surface area contributed by atoms with Crippen molar-refractivity contribution in [3.63, 3.8) is 0 Å². The van der Waals surface area contributed by atoms with E-state index < -0.39 is 18.5 Å². The number of fused-ring (bicyclic) bond motifs is 1. The van der Waals surface area contributed by atoms with Crippen molar-refractivity contribution >= 4 is 38.5 Å². The number of aliphatic hydroxyl groups is 2. The largest absolute Gasteiger partial charge is 0.394 e. The first-order chi connectivity index (χ1) is 15.3. The number of benzene rings is 1. The Bertz CT molecular complexity index is 1130. The van der Waals surface area contributed by atoms with E-state index in [1.54, 1.807) is 15.9 Å². The van der Waals surface area contributed by atoms with Crippen molar-refractivity contribution in [2.24, 2.45) is 0 Å². The van der Waals surface area contributed by atoms with Crippen LogP contribution < -0.4 is 10.2 Å². The summed E-state index contributed by atoms with van der Waals surface area (Å²) in [6.45, 7) is 2.60. The minimum Gasteiger partial charge on any atom is -0.394 e. The maximum Gasteiger partial charge on any atom is 0.324 e. The zero-order chi connectivity index (χ0) is 22.8. The number of urea groups is 1. The van der Waals surface area contributed by atoms with Crippen molar-refractivity contribution in [3.05, 3.63) is 47.7 Å². The van der Waals surface area contributed by atoms with E-state index >= 15 is 0 Å². The van der Waals surface area contributed by atoms with E-state index in [-0.39, 0.29) is 30.1 Å². The number of nitrogens with zero attached hydrogens (tertiary/aromatic N) is 4. The molecular formula is C21H23F2N5O3S. The first-order valence-corrected chi connectivity index (χ1v) is 11.0. The molecule has 3 heterocycles. The summed E-state index contributed by atoms with van der Waals surface area (Å²) in [5, 5.41) is 21.6. The molecular weight excluding hydrogens is 440 g/mol. The molecule has 32 heavy (non-hydrogen) atoms. The number of thiazole rings is 1. The number of halogens is 2. The fourth-order valence-electron chi connectivity index (χ4n) is 3.72. The molecule has 0 bridgehead atoms. The van der Waals surface area contributed by atoms with Gasteiger partial charge in [0.1, 0.15) is 5.82 Å². The average molecular weight is 464 g/mol. The summed E-state index contributed by atoms with van der Waals surface area (Å²) < 4.78 is 28.6. The van der Waals surface area contributed by atoms with Crippen LogP contribution in [0, 0.1) is 11.6 Å². The van der Waals surface area contributed by atoms with Crippen LogP contribution in [0.3, 0.4) is 0 Å². The highest BCUT2D eigenvalue weighted by molar-refractivity contribution is 7.22. The number of piperazine rings is 1. The van der Waals surface area contributed by atoms with Gasteiger partial charge in [-0.1, -0.05) is 11.3 Å². The quantitative estimate of drug-likeness (QED) is 0.538. The lowest BCUT2D eigenvalue weighted by Crippen LogP contribution is -2.55. The summed E-state index contributed by atoms with van der Waals surface area (Å²) in [5.41, 5.74) is 1.11. The van der Waals surface area contributed by atoms with Gasteiger partial charge in [-0.15, -0.1) is 0 Å². The molecule has 0 unspecified atom stereocenters. The van der Waals surface area contributed by atoms with Crippen molar-refractivity contribution in [1.29, 1.82) is 0 Å². The summed E-state index contributed by atoms with van der Waals surface area (Å²) in [6.07, 6.45) is 0.638. The van der Waals surface area contributed by atoms with E-state index in [4.69, 9.17) is 5.11 Å². The number of anilines is 2. The molecule has 2 atom stereocenters. The minimum atomic E-state index is -0.960. The van der Waals surface area contributed by atoms with Crippen LogP contribution in [0.5, 0.6) is 0 Å². The second-order valence-corrected chi connectivity index (χ2v) is 8.77. The van der Waals surface area contributed by atoms with Crippen LogP contribution in [0.4, 0.5) is 24.5 Å². The molecule has 8 nitrogen and oxygen atoms in total. The summed E-state index contributed by atoms with van der Waals surface area (Å²) in [5.74, 6) is -0.686. The summed E-state index contributed by atoms with van der Waals surface area (Å²) in [7, 11) is 0. The van der Waals surface area contributed by atoms with Crippen molar-refractivity contribution in [3.8, 4) is 0 Å². The predicted octanol–water partition coefficient (Wildman–Crippen LogP) is 2.61. The van der Waals surface area contributed by atoms with Crippen molar-refractivity contribution in [2.45, 2.75) is 25.5 Å². The van der Waals surface area contributed by atoms with Crippen molar-refractivity contribution in [2.75, 3.05) is 36.5 Å². The minimum absolute atomic E-state index is 0.115. The monoisotopic (exact) mass is 463 g/mol. The van der Waals surface area contributed by atoms with Gasteiger partial charge in [0.15, 0.2) is 16.8 Å². The van der Waals surface area contributed by atoms with Crippen LogP contribution in [0.25, 0.3) is 10.2 Å². The second kappa shape index (κ2) is 9.31. The third kappa shape index (κ3) is 4.79. The number of nitrogens with one attached hydrogen (secondary N) is 1. The van der Waals surface area contributed by atoms with Crippen LogP contribution in [-0.4, -0.2) is 69.5 Å². The molecule has 0 spiro atoms. The Morgan fingerprint density at radius 3 is 2.88 bits per heavy atom. The molecule has 3 N–H and O–H groups in total. The zero-order valence-electron chi connectivity index (χ0n) is 17.3. The Hall–Kier alpha value is -2.89. The fraction of sp³-hybridized carbons (Fsp3) is 0.381. The normalized spacial score (nSPS) is 17.6. The number of pyridine rings is 1. The maximum atomic E-state index is 14.6.